The standard InChI is InChI=1S/C11H11Cl2N/c1-2-3-4-7-14-8-5-6-10(14)9-11(12)13/h2-6,8-9H,1,7H2/b4-3+. The molecule has 0 saturated heterocycles. The first-order valence-corrected chi connectivity index (χ1v) is 4.95. The molecule has 74 valence electrons. The first kappa shape index (κ1) is 11.2. The van der Waals surface area contributed by atoms with E-state index in [1.807, 2.05) is 35.0 Å². The maximum Gasteiger partial charge on any atom is 0.108 e. The highest BCUT2D eigenvalue weighted by atomic mass is 35.5. The number of allylic oxidation sites excluding steroid dienone is 3. The Balaban J connectivity index is 2.77. The van der Waals surface area contributed by atoms with Crippen LogP contribution in [0, 0.1) is 0 Å². The molecule has 1 nitrogen and oxygen atoms in total. The van der Waals surface area contributed by atoms with E-state index in [0.29, 0.717) is 0 Å². The fourth-order valence-corrected chi connectivity index (χ4v) is 1.33. The molecule has 1 aromatic heterocycles. The largest absolute Gasteiger partial charge is 0.344 e. The lowest BCUT2D eigenvalue weighted by molar-refractivity contribution is 0.821. The second-order valence-electron chi connectivity index (χ2n) is 2.68. The summed E-state index contributed by atoms with van der Waals surface area (Å²) >= 11 is 11.2. The third-order valence-corrected chi connectivity index (χ3v) is 1.91. The molecule has 14 heavy (non-hydrogen) atoms. The zero-order valence-electron chi connectivity index (χ0n) is 7.66. The molecule has 1 rings (SSSR count). The van der Waals surface area contributed by atoms with E-state index in [2.05, 4.69) is 6.58 Å². The summed E-state index contributed by atoms with van der Waals surface area (Å²) in [5.74, 6) is 0. The number of aromatic nitrogens is 1. The topological polar surface area (TPSA) is 4.93 Å². The first-order valence-electron chi connectivity index (χ1n) is 4.19. The summed E-state index contributed by atoms with van der Waals surface area (Å²) in [5, 5.41) is 0. The third-order valence-electron chi connectivity index (χ3n) is 1.70. The van der Waals surface area contributed by atoms with Gasteiger partial charge in [0.25, 0.3) is 0 Å². The maximum absolute atomic E-state index is 5.58. The molecule has 0 atom stereocenters. The van der Waals surface area contributed by atoms with Gasteiger partial charge in [0.05, 0.1) is 0 Å². The average molecular weight is 228 g/mol. The predicted molar refractivity (Wildman–Crippen MR) is 63.5 cm³/mol. The predicted octanol–water partition coefficient (Wildman–Crippen LogP) is 4.01. The molecule has 1 aromatic rings. The van der Waals surface area contributed by atoms with Gasteiger partial charge in [-0.05, 0) is 18.2 Å². The highest BCUT2D eigenvalue weighted by molar-refractivity contribution is 6.57. The van der Waals surface area contributed by atoms with Gasteiger partial charge in [-0.25, -0.2) is 0 Å². The van der Waals surface area contributed by atoms with E-state index in [1.54, 1.807) is 12.2 Å². The van der Waals surface area contributed by atoms with E-state index < -0.39 is 0 Å². The molecular weight excluding hydrogens is 217 g/mol. The van der Waals surface area contributed by atoms with Crippen molar-refractivity contribution in [3.63, 3.8) is 0 Å². The van der Waals surface area contributed by atoms with Gasteiger partial charge in [0, 0.05) is 18.4 Å². The molecule has 0 unspecified atom stereocenters. The van der Waals surface area contributed by atoms with Gasteiger partial charge in [-0.2, -0.15) is 0 Å². The van der Waals surface area contributed by atoms with Crippen molar-refractivity contribution < 1.29 is 0 Å². The molecule has 0 aliphatic rings. The highest BCUT2D eigenvalue weighted by Crippen LogP contribution is 2.14. The van der Waals surface area contributed by atoms with Gasteiger partial charge >= 0.3 is 0 Å². The summed E-state index contributed by atoms with van der Waals surface area (Å²) in [6.07, 6.45) is 9.33. The van der Waals surface area contributed by atoms with E-state index in [4.69, 9.17) is 23.2 Å². The Kier molecular flexibility index (Phi) is 4.57. The molecule has 0 aliphatic heterocycles. The Morgan fingerprint density at radius 2 is 2.29 bits per heavy atom. The summed E-state index contributed by atoms with van der Waals surface area (Å²) in [7, 11) is 0. The number of nitrogens with zero attached hydrogens (tertiary/aromatic N) is 1. The quantitative estimate of drug-likeness (QED) is 0.686. The van der Waals surface area contributed by atoms with E-state index in [-0.39, 0.29) is 4.49 Å². The van der Waals surface area contributed by atoms with Crippen LogP contribution in [0.15, 0.2) is 47.6 Å². The smallest absolute Gasteiger partial charge is 0.108 e. The Labute approximate surface area is 93.9 Å². The van der Waals surface area contributed by atoms with Gasteiger partial charge in [-0.15, -0.1) is 0 Å². The van der Waals surface area contributed by atoms with Gasteiger partial charge < -0.3 is 4.57 Å². The van der Waals surface area contributed by atoms with Crippen LogP contribution in [-0.4, -0.2) is 4.57 Å². The molecule has 0 N–H and O–H groups in total. The van der Waals surface area contributed by atoms with E-state index in [1.165, 1.54) is 0 Å². The van der Waals surface area contributed by atoms with Gasteiger partial charge in [0.1, 0.15) is 4.49 Å². The molecule has 0 bridgehead atoms. The maximum atomic E-state index is 5.58. The van der Waals surface area contributed by atoms with Crippen LogP contribution in [0.5, 0.6) is 0 Å². The molecule has 1 heterocycles. The second kappa shape index (κ2) is 5.74. The number of hydrogen-bond acceptors (Lipinski definition) is 0. The normalized spacial score (nSPS) is 10.4. The molecule has 0 radical (unpaired) electrons. The average Bonchev–Trinajstić information content (AvgIpc) is 2.52. The van der Waals surface area contributed by atoms with Crippen LogP contribution in [0.4, 0.5) is 0 Å². The van der Waals surface area contributed by atoms with Gasteiger partial charge in [-0.1, -0.05) is 48.0 Å². The zero-order valence-corrected chi connectivity index (χ0v) is 9.17. The summed E-state index contributed by atoms with van der Waals surface area (Å²) in [6.45, 7) is 4.38. The van der Waals surface area contributed by atoms with Crippen LogP contribution < -0.4 is 0 Å². The van der Waals surface area contributed by atoms with E-state index in [9.17, 15) is 0 Å². The third kappa shape index (κ3) is 3.44. The monoisotopic (exact) mass is 227 g/mol. The lowest BCUT2D eigenvalue weighted by Gasteiger charge is -2.01. The van der Waals surface area contributed by atoms with Crippen LogP contribution in [0.25, 0.3) is 6.08 Å². The fraction of sp³-hybridized carbons (Fsp3) is 0.0909. The molecule has 3 heteroatoms. The first-order chi connectivity index (χ1) is 6.74. The van der Waals surface area contributed by atoms with Crippen molar-refractivity contribution in [1.29, 1.82) is 0 Å². The van der Waals surface area contributed by atoms with Crippen molar-refractivity contribution in [3.05, 3.63) is 53.3 Å². The van der Waals surface area contributed by atoms with Crippen molar-refractivity contribution in [2.45, 2.75) is 6.54 Å². The number of rotatable bonds is 4. The minimum atomic E-state index is 0.262. The zero-order chi connectivity index (χ0) is 10.4. The summed E-state index contributed by atoms with van der Waals surface area (Å²) in [6, 6.07) is 3.90. The minimum absolute atomic E-state index is 0.262. The van der Waals surface area contributed by atoms with Gasteiger partial charge in [0.2, 0.25) is 0 Å². The SMILES string of the molecule is C=C/C=C/Cn1cccc1C=C(Cl)Cl. The van der Waals surface area contributed by atoms with Gasteiger partial charge in [-0.3, -0.25) is 0 Å². The molecule has 0 aromatic carbocycles. The summed E-state index contributed by atoms with van der Waals surface area (Å²) in [4.78, 5) is 0. The summed E-state index contributed by atoms with van der Waals surface area (Å²) in [5.41, 5.74) is 0.985. The lowest BCUT2D eigenvalue weighted by Crippen LogP contribution is -1.94. The van der Waals surface area contributed by atoms with E-state index in [0.717, 1.165) is 12.2 Å². The molecule has 0 fully saturated rings. The lowest BCUT2D eigenvalue weighted by atomic mass is 10.4. The molecule has 0 saturated carbocycles. The Bertz CT molecular complexity index is 357. The van der Waals surface area contributed by atoms with Crippen molar-refractivity contribution in [1.82, 2.24) is 4.57 Å². The number of halogens is 2. The highest BCUT2D eigenvalue weighted by Gasteiger charge is 1.95. The van der Waals surface area contributed by atoms with Crippen molar-refractivity contribution in [2.24, 2.45) is 0 Å². The second-order valence-corrected chi connectivity index (χ2v) is 3.69. The van der Waals surface area contributed by atoms with E-state index >= 15 is 0 Å². The van der Waals surface area contributed by atoms with Crippen molar-refractivity contribution in [3.8, 4) is 0 Å². The van der Waals surface area contributed by atoms with Crippen LogP contribution in [0.3, 0.4) is 0 Å². The Morgan fingerprint density at radius 3 is 2.93 bits per heavy atom. The molecule has 0 amide bonds. The Hall–Kier alpha value is -0.920. The van der Waals surface area contributed by atoms with Crippen LogP contribution in [0.2, 0.25) is 0 Å². The molecule has 0 spiro atoms. The van der Waals surface area contributed by atoms with Crippen LogP contribution in [0.1, 0.15) is 5.69 Å². The molecule has 0 aliphatic carbocycles. The Morgan fingerprint density at radius 1 is 1.50 bits per heavy atom. The molecular formula is C11H11Cl2N. The minimum Gasteiger partial charge on any atom is -0.344 e. The number of hydrogen-bond donors (Lipinski definition) is 0. The van der Waals surface area contributed by atoms with Crippen molar-refractivity contribution in [2.75, 3.05) is 0 Å². The summed E-state index contributed by atoms with van der Waals surface area (Å²) < 4.78 is 2.29. The van der Waals surface area contributed by atoms with Crippen LogP contribution in [-0.2, 0) is 6.54 Å². The fourth-order valence-electron chi connectivity index (χ4n) is 1.11. The van der Waals surface area contributed by atoms with Crippen LogP contribution >= 0.6 is 23.2 Å². The van der Waals surface area contributed by atoms with Crippen molar-refractivity contribution >= 4 is 29.3 Å². The van der Waals surface area contributed by atoms with Gasteiger partial charge in [0.15, 0.2) is 0 Å².